The van der Waals surface area contributed by atoms with Gasteiger partial charge in [0.1, 0.15) is 16.8 Å². The molecule has 0 saturated heterocycles. The van der Waals surface area contributed by atoms with Crippen molar-refractivity contribution in [2.45, 2.75) is 36.2 Å². The number of aromatic nitrogens is 1. The van der Waals surface area contributed by atoms with Crippen molar-refractivity contribution in [3.8, 4) is 5.75 Å². The van der Waals surface area contributed by atoms with Gasteiger partial charge in [-0.25, -0.2) is 4.98 Å². The van der Waals surface area contributed by atoms with E-state index in [-0.39, 0.29) is 11.2 Å². The molecule has 1 aromatic carbocycles. The molecule has 126 valence electrons. The number of nitrogens with zero attached hydrogens (tertiary/aromatic N) is 1. The van der Waals surface area contributed by atoms with E-state index in [1.807, 2.05) is 42.5 Å². The van der Waals surface area contributed by atoms with Gasteiger partial charge in [0.25, 0.3) is 0 Å². The predicted octanol–water partition coefficient (Wildman–Crippen LogP) is 4.45. The minimum Gasteiger partial charge on any atom is -0.497 e. The Hall–Kier alpha value is -2.01. The van der Waals surface area contributed by atoms with Crippen molar-refractivity contribution in [1.29, 1.82) is 0 Å². The minimum atomic E-state index is -0.235. The van der Waals surface area contributed by atoms with Gasteiger partial charge in [0.2, 0.25) is 5.91 Å². The lowest BCUT2D eigenvalue weighted by molar-refractivity contribution is -0.115. The fourth-order valence-corrected chi connectivity index (χ4v) is 4.40. The zero-order chi connectivity index (χ0) is 16.8. The van der Waals surface area contributed by atoms with E-state index >= 15 is 0 Å². The van der Waals surface area contributed by atoms with Crippen LogP contribution in [0.15, 0.2) is 48.7 Å². The lowest BCUT2D eigenvalue weighted by Gasteiger charge is -2.20. The van der Waals surface area contributed by atoms with Crippen molar-refractivity contribution in [1.82, 2.24) is 4.98 Å². The van der Waals surface area contributed by atoms with Crippen molar-refractivity contribution in [3.05, 3.63) is 54.2 Å². The summed E-state index contributed by atoms with van der Waals surface area (Å²) in [7, 11) is 1.65. The molecule has 3 rings (SSSR count). The van der Waals surface area contributed by atoms with Crippen molar-refractivity contribution >= 4 is 23.5 Å². The van der Waals surface area contributed by atoms with E-state index in [1.165, 1.54) is 25.7 Å². The Kier molecular flexibility index (Phi) is 5.75. The van der Waals surface area contributed by atoms with E-state index in [4.69, 9.17) is 4.74 Å². The van der Waals surface area contributed by atoms with E-state index in [2.05, 4.69) is 10.3 Å². The van der Waals surface area contributed by atoms with Gasteiger partial charge < -0.3 is 10.1 Å². The minimum absolute atomic E-state index is 0.0178. The third-order valence-corrected chi connectivity index (χ3v) is 5.82. The second-order valence-electron chi connectivity index (χ2n) is 5.90. The van der Waals surface area contributed by atoms with Crippen LogP contribution in [-0.4, -0.2) is 23.3 Å². The summed E-state index contributed by atoms with van der Waals surface area (Å²) in [6.07, 6.45) is 6.58. The molecule has 0 bridgehead atoms. The van der Waals surface area contributed by atoms with Gasteiger partial charge >= 0.3 is 0 Å². The summed E-state index contributed by atoms with van der Waals surface area (Å²) in [4.78, 5) is 17.0. The molecule has 0 radical (unpaired) electrons. The Morgan fingerprint density at radius 2 is 1.96 bits per heavy atom. The molecule has 24 heavy (non-hydrogen) atoms. The molecule has 4 nitrogen and oxygen atoms in total. The number of methoxy groups -OCH3 is 1. The number of nitrogens with one attached hydrogen (secondary N) is 1. The number of hydrogen-bond donors (Lipinski definition) is 1. The van der Waals surface area contributed by atoms with Crippen LogP contribution in [0.5, 0.6) is 5.75 Å². The highest BCUT2D eigenvalue weighted by Crippen LogP contribution is 2.40. The topological polar surface area (TPSA) is 51.2 Å². The second kappa shape index (κ2) is 8.20. The Labute approximate surface area is 147 Å². The molecule has 1 heterocycles. The van der Waals surface area contributed by atoms with Gasteiger partial charge in [0.15, 0.2) is 0 Å². The molecule has 1 amide bonds. The summed E-state index contributed by atoms with van der Waals surface area (Å²) in [6, 6.07) is 13.3. The average molecular weight is 342 g/mol. The first-order valence-electron chi connectivity index (χ1n) is 8.27. The molecule has 1 saturated carbocycles. The first-order chi connectivity index (χ1) is 11.8. The molecule has 2 aromatic rings. The third-order valence-electron chi connectivity index (χ3n) is 4.20. The highest BCUT2D eigenvalue weighted by atomic mass is 32.2. The predicted molar refractivity (Wildman–Crippen MR) is 98.4 cm³/mol. The van der Waals surface area contributed by atoms with Gasteiger partial charge in [-0.3, -0.25) is 4.79 Å². The van der Waals surface area contributed by atoms with Crippen LogP contribution in [0.4, 0.5) is 5.82 Å². The number of rotatable bonds is 6. The van der Waals surface area contributed by atoms with Crippen LogP contribution in [-0.2, 0) is 4.79 Å². The van der Waals surface area contributed by atoms with Crippen molar-refractivity contribution in [2.24, 2.45) is 0 Å². The number of anilines is 1. The second-order valence-corrected chi connectivity index (χ2v) is 7.31. The summed E-state index contributed by atoms with van der Waals surface area (Å²) in [5.74, 6) is 1.37. The Bertz CT molecular complexity index is 655. The summed E-state index contributed by atoms with van der Waals surface area (Å²) < 4.78 is 5.22. The van der Waals surface area contributed by atoms with Gasteiger partial charge in [-0.05, 0) is 42.7 Å². The summed E-state index contributed by atoms with van der Waals surface area (Å²) in [5.41, 5.74) is 1.00. The van der Waals surface area contributed by atoms with E-state index in [1.54, 1.807) is 25.1 Å². The van der Waals surface area contributed by atoms with Crippen molar-refractivity contribution in [3.63, 3.8) is 0 Å². The maximum Gasteiger partial charge on any atom is 0.243 e. The van der Waals surface area contributed by atoms with E-state index in [0.29, 0.717) is 11.1 Å². The number of pyridine rings is 1. The largest absolute Gasteiger partial charge is 0.497 e. The molecule has 0 spiro atoms. The van der Waals surface area contributed by atoms with Gasteiger partial charge in [0.05, 0.1) is 7.11 Å². The van der Waals surface area contributed by atoms with Gasteiger partial charge in [-0.15, -0.1) is 11.8 Å². The fraction of sp³-hybridized carbons (Fsp3) is 0.368. The highest BCUT2D eigenvalue weighted by molar-refractivity contribution is 8.00. The molecule has 1 aliphatic rings. The van der Waals surface area contributed by atoms with Crippen molar-refractivity contribution < 1.29 is 9.53 Å². The molecule has 1 fully saturated rings. The van der Waals surface area contributed by atoms with Crippen LogP contribution in [0, 0.1) is 0 Å². The number of ether oxygens (including phenoxy) is 1. The van der Waals surface area contributed by atoms with Gasteiger partial charge in [0, 0.05) is 11.4 Å². The Morgan fingerprint density at radius 3 is 2.58 bits per heavy atom. The molecule has 1 unspecified atom stereocenters. The maximum atomic E-state index is 12.9. The van der Waals surface area contributed by atoms with Gasteiger partial charge in [-0.2, -0.15) is 0 Å². The van der Waals surface area contributed by atoms with Crippen LogP contribution in [0.2, 0.25) is 0 Å². The first-order valence-corrected chi connectivity index (χ1v) is 9.22. The summed E-state index contributed by atoms with van der Waals surface area (Å²) in [5, 5.41) is 3.25. The zero-order valence-electron chi connectivity index (χ0n) is 13.8. The molecule has 1 N–H and O–H groups in total. The molecular formula is C19H22N2O2S. The number of benzene rings is 1. The summed E-state index contributed by atoms with van der Waals surface area (Å²) >= 11 is 1.77. The quantitative estimate of drug-likeness (QED) is 0.843. The Morgan fingerprint density at radius 1 is 1.21 bits per heavy atom. The SMILES string of the molecule is COc1ccc(C(SC2CCCC2)C(=O)Nc2ccccn2)cc1. The number of carbonyl (C=O) groups excluding carboxylic acids is 1. The fourth-order valence-electron chi connectivity index (χ4n) is 2.92. The maximum absolute atomic E-state index is 12.9. The van der Waals surface area contributed by atoms with E-state index < -0.39 is 0 Å². The first kappa shape index (κ1) is 16.8. The molecule has 5 heteroatoms. The third kappa shape index (κ3) is 4.29. The number of hydrogen-bond acceptors (Lipinski definition) is 4. The number of thioether (sulfide) groups is 1. The Balaban J connectivity index is 1.78. The van der Waals surface area contributed by atoms with Crippen LogP contribution >= 0.6 is 11.8 Å². The molecule has 1 atom stereocenters. The van der Waals surface area contributed by atoms with Crippen LogP contribution < -0.4 is 10.1 Å². The number of carbonyl (C=O) groups is 1. The van der Waals surface area contributed by atoms with E-state index in [9.17, 15) is 4.79 Å². The van der Waals surface area contributed by atoms with E-state index in [0.717, 1.165) is 11.3 Å². The van der Waals surface area contributed by atoms with Crippen molar-refractivity contribution in [2.75, 3.05) is 12.4 Å². The molecule has 0 aliphatic heterocycles. The van der Waals surface area contributed by atoms with Crippen LogP contribution in [0.25, 0.3) is 0 Å². The smallest absolute Gasteiger partial charge is 0.243 e. The number of amides is 1. The standard InChI is InChI=1S/C19H22N2O2S/c1-23-15-11-9-14(10-12-15)18(24-16-6-2-3-7-16)19(22)21-17-8-4-5-13-20-17/h4-5,8-13,16,18H,2-3,6-7H2,1H3,(H,20,21,22). The lowest BCUT2D eigenvalue weighted by Crippen LogP contribution is -2.21. The zero-order valence-corrected chi connectivity index (χ0v) is 14.6. The van der Waals surface area contributed by atoms with Crippen LogP contribution in [0.1, 0.15) is 36.5 Å². The summed E-state index contributed by atoms with van der Waals surface area (Å²) in [6.45, 7) is 0. The highest BCUT2D eigenvalue weighted by Gasteiger charge is 2.27. The normalized spacial score (nSPS) is 15.9. The van der Waals surface area contributed by atoms with Gasteiger partial charge in [-0.1, -0.05) is 31.0 Å². The molecule has 1 aliphatic carbocycles. The molecular weight excluding hydrogens is 320 g/mol. The average Bonchev–Trinajstić information content (AvgIpc) is 3.14. The monoisotopic (exact) mass is 342 g/mol. The molecule has 1 aromatic heterocycles. The van der Waals surface area contributed by atoms with Crippen LogP contribution in [0.3, 0.4) is 0 Å². The lowest BCUT2D eigenvalue weighted by atomic mass is 10.1.